The van der Waals surface area contributed by atoms with Crippen molar-refractivity contribution in [2.45, 2.75) is 0 Å². The third kappa shape index (κ3) is 3.41. The van der Waals surface area contributed by atoms with Crippen LogP contribution in [0.5, 0.6) is 0 Å². The number of hydrogen-bond acceptors (Lipinski definition) is 5. The van der Waals surface area contributed by atoms with E-state index in [9.17, 15) is 19.3 Å². The quantitative estimate of drug-likeness (QED) is 0.493. The van der Waals surface area contributed by atoms with Gasteiger partial charge in [-0.2, -0.15) is 0 Å². The first-order valence-corrected chi connectivity index (χ1v) is 5.88. The molecule has 0 bridgehead atoms. The molecule has 0 aliphatic heterocycles. The highest BCUT2D eigenvalue weighted by molar-refractivity contribution is 6.01. The Morgan fingerprint density at radius 3 is 2.45 bits per heavy atom. The largest absolute Gasteiger partial charge is 0.392 e. The highest BCUT2D eigenvalue weighted by Gasteiger charge is 2.25. The number of halogens is 1. The molecule has 1 aromatic carbocycles. The lowest BCUT2D eigenvalue weighted by Crippen LogP contribution is -2.34. The first-order valence-electron chi connectivity index (χ1n) is 5.88. The average molecular weight is 284 g/mol. The predicted molar refractivity (Wildman–Crippen MR) is 73.0 cm³/mol. The van der Waals surface area contributed by atoms with Crippen LogP contribution in [0.1, 0.15) is 10.4 Å². The van der Waals surface area contributed by atoms with Crippen molar-refractivity contribution < 1.29 is 14.1 Å². The Morgan fingerprint density at radius 2 is 1.95 bits per heavy atom. The molecule has 0 aromatic heterocycles. The van der Waals surface area contributed by atoms with E-state index in [0.29, 0.717) is 13.1 Å². The molecule has 1 amide bonds. The van der Waals surface area contributed by atoms with Gasteiger partial charge < -0.3 is 15.5 Å². The lowest BCUT2D eigenvalue weighted by molar-refractivity contribution is -0.384. The van der Waals surface area contributed by atoms with Gasteiger partial charge in [-0.1, -0.05) is 0 Å². The van der Waals surface area contributed by atoms with E-state index in [-0.39, 0.29) is 0 Å². The van der Waals surface area contributed by atoms with Crippen LogP contribution in [0.2, 0.25) is 0 Å². The van der Waals surface area contributed by atoms with Crippen LogP contribution in [-0.2, 0) is 0 Å². The summed E-state index contributed by atoms with van der Waals surface area (Å²) < 4.78 is 13.7. The molecule has 110 valence electrons. The number of carbonyl (C=O) groups is 1. The number of nitrogen functional groups attached to an aromatic ring is 1. The zero-order valence-corrected chi connectivity index (χ0v) is 11.6. The van der Waals surface area contributed by atoms with Gasteiger partial charge in [0.15, 0.2) is 0 Å². The number of nitro benzene ring substituents is 1. The van der Waals surface area contributed by atoms with Crippen molar-refractivity contribution in [2.24, 2.45) is 0 Å². The minimum atomic E-state index is -0.866. The molecule has 0 saturated carbocycles. The summed E-state index contributed by atoms with van der Waals surface area (Å²) in [5.74, 6) is -1.54. The number of rotatable bonds is 5. The van der Waals surface area contributed by atoms with E-state index in [2.05, 4.69) is 0 Å². The number of nitrogens with two attached hydrogens (primary N) is 1. The molecular formula is C12H17FN4O3. The topological polar surface area (TPSA) is 92.7 Å². The molecule has 0 saturated heterocycles. The van der Waals surface area contributed by atoms with Crippen molar-refractivity contribution in [2.75, 3.05) is 40.0 Å². The second kappa shape index (κ2) is 6.29. The monoisotopic (exact) mass is 284 g/mol. The van der Waals surface area contributed by atoms with Gasteiger partial charge in [0.05, 0.1) is 4.92 Å². The summed E-state index contributed by atoms with van der Waals surface area (Å²) in [6, 6.07) is 1.82. The van der Waals surface area contributed by atoms with E-state index in [4.69, 9.17) is 5.73 Å². The van der Waals surface area contributed by atoms with Gasteiger partial charge in [-0.15, -0.1) is 0 Å². The van der Waals surface area contributed by atoms with Crippen LogP contribution >= 0.6 is 0 Å². The van der Waals surface area contributed by atoms with Crippen molar-refractivity contribution in [3.63, 3.8) is 0 Å². The van der Waals surface area contributed by atoms with Crippen LogP contribution in [0.3, 0.4) is 0 Å². The zero-order valence-electron chi connectivity index (χ0n) is 11.6. The first kappa shape index (κ1) is 15.8. The molecule has 0 fully saturated rings. The molecule has 0 atom stereocenters. The molecule has 7 nitrogen and oxygen atoms in total. The number of anilines is 1. The molecular weight excluding hydrogens is 267 g/mol. The van der Waals surface area contributed by atoms with Crippen molar-refractivity contribution in [3.8, 4) is 0 Å². The van der Waals surface area contributed by atoms with Crippen LogP contribution < -0.4 is 5.73 Å². The summed E-state index contributed by atoms with van der Waals surface area (Å²) in [5, 5.41) is 10.8. The van der Waals surface area contributed by atoms with E-state index in [1.807, 2.05) is 19.0 Å². The maximum atomic E-state index is 13.7. The lowest BCUT2D eigenvalue weighted by Gasteiger charge is -2.20. The average Bonchev–Trinajstić information content (AvgIpc) is 2.35. The van der Waals surface area contributed by atoms with Gasteiger partial charge >= 0.3 is 0 Å². The Hall–Kier alpha value is -2.22. The van der Waals surface area contributed by atoms with Crippen molar-refractivity contribution >= 4 is 17.3 Å². The summed E-state index contributed by atoms with van der Waals surface area (Å²) in [6.07, 6.45) is 0. The van der Waals surface area contributed by atoms with Crippen LogP contribution in [0, 0.1) is 15.9 Å². The van der Waals surface area contributed by atoms with Crippen molar-refractivity contribution in [3.05, 3.63) is 33.6 Å². The third-order valence-electron chi connectivity index (χ3n) is 2.81. The van der Waals surface area contributed by atoms with Gasteiger partial charge in [-0.25, -0.2) is 4.39 Å². The number of nitro groups is 1. The van der Waals surface area contributed by atoms with E-state index in [1.54, 1.807) is 0 Å². The molecule has 20 heavy (non-hydrogen) atoms. The minimum absolute atomic E-state index is 0.355. The molecule has 0 unspecified atom stereocenters. The van der Waals surface area contributed by atoms with Gasteiger partial charge in [0.1, 0.15) is 17.1 Å². The molecule has 0 heterocycles. The van der Waals surface area contributed by atoms with Crippen LogP contribution in [0.15, 0.2) is 12.1 Å². The van der Waals surface area contributed by atoms with Crippen molar-refractivity contribution in [1.82, 2.24) is 9.80 Å². The van der Waals surface area contributed by atoms with Crippen molar-refractivity contribution in [1.29, 1.82) is 0 Å². The summed E-state index contributed by atoms with van der Waals surface area (Å²) >= 11 is 0. The Labute approximate surface area is 115 Å². The number of likely N-dealkylation sites (N-methyl/N-ethyl adjacent to an activating group) is 2. The number of benzene rings is 1. The number of nitrogens with zero attached hydrogens (tertiary/aromatic N) is 3. The predicted octanol–water partition coefficient (Wildman–Crippen LogP) is 0.950. The molecule has 1 aromatic rings. The molecule has 0 radical (unpaired) electrons. The van der Waals surface area contributed by atoms with Crippen LogP contribution in [0.4, 0.5) is 15.8 Å². The minimum Gasteiger partial charge on any atom is -0.392 e. The molecule has 8 heteroatoms. The SMILES string of the molecule is CN(C)CCN(C)C(=O)c1c(F)ccc([N+](=O)[O-])c1N. The van der Waals surface area contributed by atoms with E-state index in [1.165, 1.54) is 11.9 Å². The molecule has 0 aliphatic carbocycles. The third-order valence-corrected chi connectivity index (χ3v) is 2.81. The van der Waals surface area contributed by atoms with Crippen LogP contribution in [-0.4, -0.2) is 54.9 Å². The Morgan fingerprint density at radius 1 is 1.35 bits per heavy atom. The smallest absolute Gasteiger partial charge is 0.293 e. The van der Waals surface area contributed by atoms with E-state index < -0.39 is 33.6 Å². The fourth-order valence-corrected chi connectivity index (χ4v) is 1.60. The first-order chi connectivity index (χ1) is 9.25. The number of carbonyl (C=O) groups excluding carboxylic acids is 1. The lowest BCUT2D eigenvalue weighted by atomic mass is 10.1. The molecule has 0 aliphatic rings. The Kier molecular flexibility index (Phi) is 4.98. The number of amides is 1. The molecule has 0 spiro atoms. The summed E-state index contributed by atoms with van der Waals surface area (Å²) in [5.41, 5.74) is 4.16. The fraction of sp³-hybridized carbons (Fsp3) is 0.417. The normalized spacial score (nSPS) is 10.7. The number of hydrogen-bond donors (Lipinski definition) is 1. The highest BCUT2D eigenvalue weighted by Crippen LogP contribution is 2.28. The molecule has 1 rings (SSSR count). The van der Waals surface area contributed by atoms with Crippen LogP contribution in [0.25, 0.3) is 0 Å². The summed E-state index contributed by atoms with van der Waals surface area (Å²) in [6.45, 7) is 0.937. The second-order valence-electron chi connectivity index (χ2n) is 4.64. The summed E-state index contributed by atoms with van der Waals surface area (Å²) in [7, 11) is 5.16. The van der Waals surface area contributed by atoms with Gasteiger partial charge in [0.25, 0.3) is 11.6 Å². The van der Waals surface area contributed by atoms with E-state index in [0.717, 1.165) is 12.1 Å². The zero-order chi connectivity index (χ0) is 15.4. The molecule has 2 N–H and O–H groups in total. The second-order valence-corrected chi connectivity index (χ2v) is 4.64. The fourth-order valence-electron chi connectivity index (χ4n) is 1.60. The van der Waals surface area contributed by atoms with E-state index >= 15 is 0 Å². The van der Waals surface area contributed by atoms with Gasteiger partial charge in [-0.05, 0) is 20.2 Å². The standard InChI is InChI=1S/C12H17FN4O3/c1-15(2)6-7-16(3)12(18)10-8(13)4-5-9(11(10)14)17(19)20/h4-5H,6-7,14H2,1-3H3. The van der Waals surface area contributed by atoms with Gasteiger partial charge in [0.2, 0.25) is 0 Å². The summed E-state index contributed by atoms with van der Waals surface area (Å²) in [4.78, 5) is 25.3. The highest BCUT2D eigenvalue weighted by atomic mass is 19.1. The van der Waals surface area contributed by atoms with Gasteiger partial charge in [-0.3, -0.25) is 14.9 Å². The Bertz CT molecular complexity index is 534. The maximum absolute atomic E-state index is 13.7. The Balaban J connectivity index is 3.09. The maximum Gasteiger partial charge on any atom is 0.293 e. The van der Waals surface area contributed by atoms with Gasteiger partial charge in [0, 0.05) is 26.2 Å².